The summed E-state index contributed by atoms with van der Waals surface area (Å²) in [6.45, 7) is 2.08. The number of rotatable bonds is 5. The number of thiazole rings is 1. The summed E-state index contributed by atoms with van der Waals surface area (Å²) < 4.78 is 13.7. The largest absolute Gasteiger partial charge is 0.368 e. The normalized spacial score (nSPS) is 10.7. The molecule has 0 aliphatic carbocycles. The highest BCUT2D eigenvalue weighted by Gasteiger charge is 2.14. The van der Waals surface area contributed by atoms with Gasteiger partial charge in [-0.2, -0.15) is 0 Å². The van der Waals surface area contributed by atoms with E-state index in [0.29, 0.717) is 21.4 Å². The Kier molecular flexibility index (Phi) is 5.58. The van der Waals surface area contributed by atoms with Crippen molar-refractivity contribution >= 4 is 39.1 Å². The fourth-order valence-electron chi connectivity index (χ4n) is 2.33. The predicted molar refractivity (Wildman–Crippen MR) is 102 cm³/mol. The average Bonchev–Trinajstić information content (AvgIpc) is 3.01. The number of nitrogens with two attached hydrogens (primary N) is 1. The molecule has 1 aromatic carbocycles. The number of hydrogen-bond acceptors (Lipinski definition) is 6. The third-order valence-corrected chi connectivity index (χ3v) is 5.17. The molecule has 0 fully saturated rings. The lowest BCUT2D eigenvalue weighted by Crippen LogP contribution is -2.25. The number of aryl methyl sites for hydroxylation is 1. The predicted octanol–water partition coefficient (Wildman–Crippen LogP) is 3.25. The fourth-order valence-corrected chi connectivity index (χ4v) is 3.49. The molecule has 0 aliphatic heterocycles. The van der Waals surface area contributed by atoms with Crippen LogP contribution in [0, 0.1) is 12.7 Å². The maximum absolute atomic E-state index is 13.1. The number of nitrogens with one attached hydrogen (secondary N) is 1. The number of carbonyl (C=O) groups excluding carboxylic acids is 1. The zero-order valence-corrected chi connectivity index (χ0v) is 16.2. The Morgan fingerprint density at radius 2 is 2.00 bits per heavy atom. The SMILES string of the molecule is Cc1nc(CC(=O)NCc2nc(N)nc(-c3ccc(F)cc3)c2Br)cs1. The quantitative estimate of drug-likeness (QED) is 0.641. The Balaban J connectivity index is 1.75. The lowest BCUT2D eigenvalue weighted by atomic mass is 10.1. The molecule has 0 saturated carbocycles. The number of nitrogen functional groups attached to an aromatic ring is 1. The summed E-state index contributed by atoms with van der Waals surface area (Å²) in [4.78, 5) is 24.8. The number of carbonyl (C=O) groups is 1. The van der Waals surface area contributed by atoms with E-state index in [1.165, 1.54) is 23.5 Å². The van der Waals surface area contributed by atoms with Gasteiger partial charge in [0.05, 0.1) is 39.5 Å². The highest BCUT2D eigenvalue weighted by molar-refractivity contribution is 9.10. The van der Waals surface area contributed by atoms with E-state index in [0.717, 1.165) is 10.7 Å². The van der Waals surface area contributed by atoms with E-state index in [2.05, 4.69) is 36.2 Å². The van der Waals surface area contributed by atoms with Crippen molar-refractivity contribution in [3.8, 4) is 11.3 Å². The highest BCUT2D eigenvalue weighted by atomic mass is 79.9. The van der Waals surface area contributed by atoms with E-state index in [1.807, 2.05) is 12.3 Å². The van der Waals surface area contributed by atoms with Gasteiger partial charge in [-0.1, -0.05) is 0 Å². The maximum Gasteiger partial charge on any atom is 0.226 e. The molecule has 3 N–H and O–H groups in total. The van der Waals surface area contributed by atoms with Crippen LogP contribution in [0.1, 0.15) is 16.4 Å². The molecule has 26 heavy (non-hydrogen) atoms. The van der Waals surface area contributed by atoms with Crippen LogP contribution in [0.3, 0.4) is 0 Å². The minimum Gasteiger partial charge on any atom is -0.368 e. The molecule has 9 heteroatoms. The summed E-state index contributed by atoms with van der Waals surface area (Å²) in [5, 5.41) is 5.58. The van der Waals surface area contributed by atoms with Crippen molar-refractivity contribution in [1.82, 2.24) is 20.3 Å². The van der Waals surface area contributed by atoms with Gasteiger partial charge in [-0.05, 0) is 47.1 Å². The van der Waals surface area contributed by atoms with Gasteiger partial charge in [-0.15, -0.1) is 11.3 Å². The summed E-state index contributed by atoms with van der Waals surface area (Å²) >= 11 is 4.96. The summed E-state index contributed by atoms with van der Waals surface area (Å²) in [5.74, 6) is -0.425. The third kappa shape index (κ3) is 4.41. The van der Waals surface area contributed by atoms with Gasteiger partial charge < -0.3 is 11.1 Å². The molecule has 0 spiro atoms. The molecule has 0 bridgehead atoms. The van der Waals surface area contributed by atoms with Gasteiger partial charge in [0.1, 0.15) is 5.82 Å². The molecule has 3 aromatic rings. The topological polar surface area (TPSA) is 93.8 Å². The van der Waals surface area contributed by atoms with Crippen molar-refractivity contribution in [3.63, 3.8) is 0 Å². The molecule has 3 rings (SSSR count). The minimum absolute atomic E-state index is 0.0758. The minimum atomic E-state index is -0.336. The van der Waals surface area contributed by atoms with E-state index < -0.39 is 0 Å². The Hall–Kier alpha value is -2.39. The van der Waals surface area contributed by atoms with Crippen LogP contribution in [-0.4, -0.2) is 20.9 Å². The van der Waals surface area contributed by atoms with Gasteiger partial charge >= 0.3 is 0 Å². The lowest BCUT2D eigenvalue weighted by Gasteiger charge is -2.11. The van der Waals surface area contributed by atoms with Crippen molar-refractivity contribution in [2.75, 3.05) is 5.73 Å². The van der Waals surface area contributed by atoms with E-state index in [4.69, 9.17) is 5.73 Å². The van der Waals surface area contributed by atoms with Crippen LogP contribution >= 0.6 is 27.3 Å². The number of hydrogen-bond donors (Lipinski definition) is 2. The standard InChI is InChI=1S/C17H15BrFN5OS/c1-9-22-12(8-26-9)6-14(25)21-7-13-15(18)16(24-17(20)23-13)10-2-4-11(19)5-3-10/h2-5,8H,6-7H2,1H3,(H,21,25)(H2,20,23,24). The first-order chi connectivity index (χ1) is 12.4. The third-order valence-electron chi connectivity index (χ3n) is 3.52. The first kappa shape index (κ1) is 18.4. The molecule has 2 aromatic heterocycles. The Morgan fingerprint density at radius 1 is 1.27 bits per heavy atom. The maximum atomic E-state index is 13.1. The summed E-state index contributed by atoms with van der Waals surface area (Å²) in [6, 6.07) is 5.90. The van der Waals surface area contributed by atoms with Crippen molar-refractivity contribution < 1.29 is 9.18 Å². The van der Waals surface area contributed by atoms with Crippen LogP contribution in [0.4, 0.5) is 10.3 Å². The summed E-state index contributed by atoms with van der Waals surface area (Å²) in [7, 11) is 0. The van der Waals surface area contributed by atoms with Crippen LogP contribution in [0.5, 0.6) is 0 Å². The van der Waals surface area contributed by atoms with Gasteiger partial charge in [0.2, 0.25) is 11.9 Å². The second kappa shape index (κ2) is 7.88. The van der Waals surface area contributed by atoms with Crippen LogP contribution in [0.2, 0.25) is 0 Å². The van der Waals surface area contributed by atoms with Crippen molar-refractivity contribution in [1.29, 1.82) is 0 Å². The summed E-state index contributed by atoms with van der Waals surface area (Å²) in [6.07, 6.45) is 0.202. The number of benzene rings is 1. The zero-order chi connectivity index (χ0) is 18.7. The molecule has 134 valence electrons. The highest BCUT2D eigenvalue weighted by Crippen LogP contribution is 2.29. The molecule has 1 amide bonds. The monoisotopic (exact) mass is 435 g/mol. The molecule has 6 nitrogen and oxygen atoms in total. The fraction of sp³-hybridized carbons (Fsp3) is 0.176. The first-order valence-electron chi connectivity index (χ1n) is 7.68. The number of aromatic nitrogens is 3. The van der Waals surface area contributed by atoms with Gasteiger partial charge in [0, 0.05) is 10.9 Å². The molecular formula is C17H15BrFN5OS. The molecule has 0 radical (unpaired) electrons. The van der Waals surface area contributed by atoms with Gasteiger partial charge in [0.25, 0.3) is 0 Å². The Bertz CT molecular complexity index is 945. The lowest BCUT2D eigenvalue weighted by molar-refractivity contribution is -0.120. The second-order valence-electron chi connectivity index (χ2n) is 5.51. The number of nitrogens with zero attached hydrogens (tertiary/aromatic N) is 3. The molecule has 2 heterocycles. The van der Waals surface area contributed by atoms with Gasteiger partial charge in [0.15, 0.2) is 0 Å². The van der Waals surface area contributed by atoms with Crippen LogP contribution < -0.4 is 11.1 Å². The van der Waals surface area contributed by atoms with Gasteiger partial charge in [-0.25, -0.2) is 19.3 Å². The molecular weight excluding hydrogens is 421 g/mol. The van der Waals surface area contributed by atoms with Crippen LogP contribution in [0.15, 0.2) is 34.1 Å². The zero-order valence-electron chi connectivity index (χ0n) is 13.8. The van der Waals surface area contributed by atoms with E-state index in [9.17, 15) is 9.18 Å². The van der Waals surface area contributed by atoms with E-state index >= 15 is 0 Å². The number of amides is 1. The van der Waals surface area contributed by atoms with Crippen molar-refractivity contribution in [3.05, 3.63) is 56.3 Å². The smallest absolute Gasteiger partial charge is 0.226 e. The van der Waals surface area contributed by atoms with E-state index in [1.54, 1.807) is 12.1 Å². The molecule has 0 saturated heterocycles. The number of anilines is 1. The Labute approximate surface area is 161 Å². The van der Waals surface area contributed by atoms with Crippen molar-refractivity contribution in [2.24, 2.45) is 0 Å². The van der Waals surface area contributed by atoms with Gasteiger partial charge in [-0.3, -0.25) is 4.79 Å². The molecule has 0 unspecified atom stereocenters. The van der Waals surface area contributed by atoms with E-state index in [-0.39, 0.29) is 30.6 Å². The second-order valence-corrected chi connectivity index (χ2v) is 7.36. The van der Waals surface area contributed by atoms with Crippen LogP contribution in [-0.2, 0) is 17.8 Å². The number of halogens is 2. The van der Waals surface area contributed by atoms with Crippen molar-refractivity contribution in [2.45, 2.75) is 19.9 Å². The summed E-state index contributed by atoms with van der Waals surface area (Å²) in [5.41, 5.74) is 8.30. The van der Waals surface area contributed by atoms with Crippen LogP contribution in [0.25, 0.3) is 11.3 Å². The first-order valence-corrected chi connectivity index (χ1v) is 9.35. The molecule has 0 aliphatic rings. The molecule has 0 atom stereocenters. The average molecular weight is 436 g/mol. The Morgan fingerprint density at radius 3 is 2.65 bits per heavy atom.